The molecule has 92 valence electrons. The van der Waals surface area contributed by atoms with Crippen LogP contribution in [0.2, 0.25) is 0 Å². The van der Waals surface area contributed by atoms with E-state index in [-0.39, 0.29) is 23.4 Å². The zero-order valence-corrected chi connectivity index (χ0v) is 10.3. The fourth-order valence-electron chi connectivity index (χ4n) is 1.19. The van der Waals surface area contributed by atoms with Crippen LogP contribution in [0.25, 0.3) is 0 Å². The summed E-state index contributed by atoms with van der Waals surface area (Å²) in [6.07, 6.45) is 0.563. The lowest BCUT2D eigenvalue weighted by Crippen LogP contribution is -2.28. The Bertz CT molecular complexity index is 527. The summed E-state index contributed by atoms with van der Waals surface area (Å²) in [6.45, 7) is -0.0993. The van der Waals surface area contributed by atoms with Crippen LogP contribution in [0.1, 0.15) is 20.7 Å². The van der Waals surface area contributed by atoms with Gasteiger partial charge < -0.3 is 5.32 Å². The third kappa shape index (κ3) is 4.54. The molecule has 7 heteroatoms. The Kier molecular flexibility index (Phi) is 4.65. The summed E-state index contributed by atoms with van der Waals surface area (Å²) in [5, 5.41) is 2.37. The van der Waals surface area contributed by atoms with Crippen LogP contribution < -0.4 is 5.32 Å². The largest absolute Gasteiger partial charge is 0.351 e. The topological polar surface area (TPSA) is 80.3 Å². The fourth-order valence-corrected chi connectivity index (χ4v) is 1.77. The molecule has 0 unspecified atom stereocenters. The van der Waals surface area contributed by atoms with Crippen molar-refractivity contribution < 1.29 is 18.0 Å². The number of amides is 1. The fraction of sp³-hybridized carbons (Fsp3) is 0.200. The molecule has 0 saturated heterocycles. The molecule has 1 aromatic rings. The zero-order valence-electron chi connectivity index (χ0n) is 8.72. The van der Waals surface area contributed by atoms with Crippen LogP contribution in [0, 0.1) is 0 Å². The number of hydrogen-bond acceptors (Lipinski definition) is 4. The van der Waals surface area contributed by atoms with E-state index < -0.39 is 15.0 Å². The minimum absolute atomic E-state index is 0.0993. The Balaban J connectivity index is 2.67. The van der Waals surface area contributed by atoms with E-state index in [1.807, 2.05) is 0 Å². The van der Waals surface area contributed by atoms with Crippen LogP contribution in [-0.2, 0) is 9.05 Å². The summed E-state index contributed by atoms with van der Waals surface area (Å²) in [4.78, 5) is 22.3. The predicted molar refractivity (Wildman–Crippen MR) is 63.8 cm³/mol. The molecule has 0 fully saturated rings. The summed E-state index contributed by atoms with van der Waals surface area (Å²) in [6, 6.07) is 6.22. The monoisotopic (exact) mass is 275 g/mol. The maximum Gasteiger partial charge on any atom is 0.252 e. The van der Waals surface area contributed by atoms with Crippen LogP contribution >= 0.6 is 10.7 Å². The number of nitrogens with one attached hydrogen (secondary N) is 1. The van der Waals surface area contributed by atoms with Crippen molar-refractivity contribution in [1.29, 1.82) is 0 Å². The number of benzene rings is 1. The standard InChI is InChI=1S/C10H10ClNO4S/c11-17(15,16)6-5-12-10(14)9-4-2-1-3-8(9)7-13/h1-4,7H,5-6H2,(H,12,14). The predicted octanol–water partition coefficient (Wildman–Crippen LogP) is 0.797. The molecule has 0 radical (unpaired) electrons. The van der Waals surface area contributed by atoms with Gasteiger partial charge in [-0.05, 0) is 6.07 Å². The van der Waals surface area contributed by atoms with Gasteiger partial charge in [0, 0.05) is 28.4 Å². The molecule has 0 aliphatic rings. The molecular formula is C10H10ClNO4S. The molecule has 1 amide bonds. The lowest BCUT2D eigenvalue weighted by atomic mass is 10.1. The second kappa shape index (κ2) is 5.79. The van der Waals surface area contributed by atoms with Gasteiger partial charge in [0.15, 0.2) is 6.29 Å². The minimum atomic E-state index is -3.63. The van der Waals surface area contributed by atoms with Gasteiger partial charge in [0.25, 0.3) is 5.91 Å². The maximum atomic E-state index is 11.6. The number of hydrogen-bond donors (Lipinski definition) is 1. The smallest absolute Gasteiger partial charge is 0.252 e. The average molecular weight is 276 g/mol. The van der Waals surface area contributed by atoms with E-state index in [2.05, 4.69) is 5.32 Å². The maximum absolute atomic E-state index is 11.6. The van der Waals surface area contributed by atoms with E-state index in [0.29, 0.717) is 6.29 Å². The molecule has 1 aromatic carbocycles. The Morgan fingerprint density at radius 1 is 1.35 bits per heavy atom. The molecule has 0 heterocycles. The van der Waals surface area contributed by atoms with Gasteiger partial charge >= 0.3 is 0 Å². The van der Waals surface area contributed by atoms with E-state index in [9.17, 15) is 18.0 Å². The molecule has 1 N–H and O–H groups in total. The summed E-state index contributed by atoms with van der Waals surface area (Å²) in [5.41, 5.74) is 0.452. The van der Waals surface area contributed by atoms with Gasteiger partial charge in [-0.2, -0.15) is 0 Å². The minimum Gasteiger partial charge on any atom is -0.351 e. The SMILES string of the molecule is O=Cc1ccccc1C(=O)NCCS(=O)(=O)Cl. The average Bonchev–Trinajstić information content (AvgIpc) is 2.27. The number of rotatable bonds is 5. The number of halogens is 1. The van der Waals surface area contributed by atoms with Crippen molar-refractivity contribution in [2.24, 2.45) is 0 Å². The van der Waals surface area contributed by atoms with E-state index in [1.165, 1.54) is 12.1 Å². The van der Waals surface area contributed by atoms with Crippen LogP contribution in [0.4, 0.5) is 0 Å². The lowest BCUT2D eigenvalue weighted by Gasteiger charge is -2.05. The van der Waals surface area contributed by atoms with Gasteiger partial charge in [-0.1, -0.05) is 18.2 Å². The van der Waals surface area contributed by atoms with Crippen molar-refractivity contribution in [3.05, 3.63) is 35.4 Å². The lowest BCUT2D eigenvalue weighted by molar-refractivity contribution is 0.0950. The summed E-state index contributed by atoms with van der Waals surface area (Å²) < 4.78 is 21.3. The second-order valence-corrected chi connectivity index (χ2v) is 6.10. The van der Waals surface area contributed by atoms with Crippen molar-refractivity contribution in [2.75, 3.05) is 12.3 Å². The van der Waals surface area contributed by atoms with Gasteiger partial charge in [-0.25, -0.2) is 8.42 Å². The molecule has 0 atom stereocenters. The summed E-state index contributed by atoms with van der Waals surface area (Å²) in [5.74, 6) is -0.864. The normalized spacial score (nSPS) is 10.9. The molecule has 1 rings (SSSR count). The van der Waals surface area contributed by atoms with E-state index in [4.69, 9.17) is 10.7 Å². The summed E-state index contributed by atoms with van der Waals surface area (Å²) in [7, 11) is 1.36. The van der Waals surface area contributed by atoms with Crippen LogP contribution in [0.5, 0.6) is 0 Å². The van der Waals surface area contributed by atoms with Gasteiger partial charge in [0.1, 0.15) is 0 Å². The van der Waals surface area contributed by atoms with Crippen molar-refractivity contribution in [2.45, 2.75) is 0 Å². The molecule has 0 aromatic heterocycles. The van der Waals surface area contributed by atoms with Crippen molar-refractivity contribution in [3.8, 4) is 0 Å². The molecule has 0 bridgehead atoms. The quantitative estimate of drug-likeness (QED) is 0.637. The Morgan fingerprint density at radius 3 is 2.59 bits per heavy atom. The first kappa shape index (κ1) is 13.7. The summed E-state index contributed by atoms with van der Waals surface area (Å²) >= 11 is 0. The van der Waals surface area contributed by atoms with Crippen LogP contribution in [0.3, 0.4) is 0 Å². The number of aldehydes is 1. The van der Waals surface area contributed by atoms with E-state index >= 15 is 0 Å². The molecule has 0 saturated carbocycles. The number of carbonyl (C=O) groups is 2. The Hall–Kier alpha value is -1.40. The Morgan fingerprint density at radius 2 is 2.00 bits per heavy atom. The van der Waals surface area contributed by atoms with Crippen molar-refractivity contribution in [3.63, 3.8) is 0 Å². The van der Waals surface area contributed by atoms with Crippen molar-refractivity contribution >= 4 is 31.9 Å². The van der Waals surface area contributed by atoms with Gasteiger partial charge in [-0.15, -0.1) is 0 Å². The molecule has 0 aliphatic carbocycles. The van der Waals surface area contributed by atoms with E-state index in [0.717, 1.165) is 0 Å². The van der Waals surface area contributed by atoms with Crippen LogP contribution in [0.15, 0.2) is 24.3 Å². The zero-order chi connectivity index (χ0) is 12.9. The highest BCUT2D eigenvalue weighted by Gasteiger charge is 2.11. The molecular weight excluding hydrogens is 266 g/mol. The first-order valence-electron chi connectivity index (χ1n) is 4.69. The molecule has 0 aliphatic heterocycles. The third-order valence-corrected chi connectivity index (χ3v) is 3.12. The molecule has 5 nitrogen and oxygen atoms in total. The highest BCUT2D eigenvalue weighted by molar-refractivity contribution is 8.13. The molecule has 17 heavy (non-hydrogen) atoms. The van der Waals surface area contributed by atoms with Crippen LogP contribution in [-0.4, -0.2) is 32.9 Å². The highest BCUT2D eigenvalue weighted by Crippen LogP contribution is 2.05. The first-order chi connectivity index (χ1) is 7.94. The van der Waals surface area contributed by atoms with Gasteiger partial charge in [-0.3, -0.25) is 9.59 Å². The third-order valence-electron chi connectivity index (χ3n) is 1.96. The van der Waals surface area contributed by atoms with Gasteiger partial charge in [0.05, 0.1) is 5.75 Å². The first-order valence-corrected chi connectivity index (χ1v) is 7.16. The van der Waals surface area contributed by atoms with E-state index in [1.54, 1.807) is 12.1 Å². The van der Waals surface area contributed by atoms with Crippen molar-refractivity contribution in [1.82, 2.24) is 5.32 Å². The highest BCUT2D eigenvalue weighted by atomic mass is 35.7. The number of carbonyl (C=O) groups excluding carboxylic acids is 2. The van der Waals surface area contributed by atoms with Gasteiger partial charge in [0.2, 0.25) is 9.05 Å². The molecule has 0 spiro atoms. The Labute approximate surface area is 103 Å². The second-order valence-electron chi connectivity index (χ2n) is 3.20.